The number of aliphatic hydroxyl groups excluding tert-OH is 1. The van der Waals surface area contributed by atoms with Gasteiger partial charge in [0.15, 0.2) is 0 Å². The molecular formula is C15H22N4O2. The molecule has 0 fully saturated rings. The van der Waals surface area contributed by atoms with E-state index in [1.807, 2.05) is 24.3 Å². The van der Waals surface area contributed by atoms with E-state index in [1.165, 1.54) is 0 Å². The first-order valence-electron chi connectivity index (χ1n) is 7.00. The standard InChI is InChI=1S/C15H22N4O2/c1-15(2,3)16-10-13-18-19-14(21-13)17-12-6-4-11(5-7-12)8-9-20/h4-7,16,20H,8-10H2,1-3H3,(H,17,19). The third-order valence-corrected chi connectivity index (χ3v) is 2.84. The molecule has 0 spiro atoms. The lowest BCUT2D eigenvalue weighted by Gasteiger charge is -2.18. The third kappa shape index (κ3) is 5.17. The van der Waals surface area contributed by atoms with Crippen LogP contribution >= 0.6 is 0 Å². The molecule has 3 N–H and O–H groups in total. The van der Waals surface area contributed by atoms with Gasteiger partial charge in [-0.15, -0.1) is 5.10 Å². The van der Waals surface area contributed by atoms with Gasteiger partial charge in [0.25, 0.3) is 0 Å². The van der Waals surface area contributed by atoms with Gasteiger partial charge in [-0.3, -0.25) is 0 Å². The number of hydrogen-bond donors (Lipinski definition) is 3. The monoisotopic (exact) mass is 290 g/mol. The molecule has 2 rings (SSSR count). The molecule has 0 aliphatic carbocycles. The normalized spacial score (nSPS) is 11.6. The Morgan fingerprint density at radius 3 is 2.48 bits per heavy atom. The predicted octanol–water partition coefficient (Wildman–Crippen LogP) is 2.24. The molecule has 0 saturated carbocycles. The molecule has 6 nitrogen and oxygen atoms in total. The van der Waals surface area contributed by atoms with Crippen molar-refractivity contribution >= 4 is 11.7 Å². The van der Waals surface area contributed by atoms with Crippen LogP contribution in [0.3, 0.4) is 0 Å². The molecule has 1 aromatic carbocycles. The van der Waals surface area contributed by atoms with Crippen LogP contribution in [0.5, 0.6) is 0 Å². The molecule has 114 valence electrons. The number of aromatic nitrogens is 2. The fourth-order valence-corrected chi connectivity index (χ4v) is 1.72. The lowest BCUT2D eigenvalue weighted by molar-refractivity contribution is 0.299. The number of benzene rings is 1. The summed E-state index contributed by atoms with van der Waals surface area (Å²) in [6, 6.07) is 8.12. The zero-order valence-electron chi connectivity index (χ0n) is 12.7. The van der Waals surface area contributed by atoms with Crippen molar-refractivity contribution in [3.05, 3.63) is 35.7 Å². The highest BCUT2D eigenvalue weighted by molar-refractivity contribution is 5.52. The first-order chi connectivity index (χ1) is 9.96. The maximum atomic E-state index is 8.88. The Bertz CT molecular complexity index is 558. The molecule has 0 aliphatic heterocycles. The van der Waals surface area contributed by atoms with Gasteiger partial charge in [0.05, 0.1) is 6.54 Å². The van der Waals surface area contributed by atoms with Crippen molar-refractivity contribution in [2.24, 2.45) is 0 Å². The largest absolute Gasteiger partial charge is 0.406 e. The van der Waals surface area contributed by atoms with Gasteiger partial charge < -0.3 is 20.2 Å². The maximum absolute atomic E-state index is 8.88. The molecule has 0 saturated heterocycles. The van der Waals surface area contributed by atoms with E-state index in [-0.39, 0.29) is 12.1 Å². The first kappa shape index (κ1) is 15.5. The Morgan fingerprint density at radius 1 is 1.14 bits per heavy atom. The van der Waals surface area contributed by atoms with Crippen molar-refractivity contribution < 1.29 is 9.52 Å². The number of rotatable bonds is 6. The van der Waals surface area contributed by atoms with Crippen molar-refractivity contribution in [1.29, 1.82) is 0 Å². The highest BCUT2D eigenvalue weighted by Crippen LogP contribution is 2.16. The second-order valence-electron chi connectivity index (χ2n) is 5.90. The Hall–Kier alpha value is -1.92. The summed E-state index contributed by atoms with van der Waals surface area (Å²) in [4.78, 5) is 0. The number of nitrogens with one attached hydrogen (secondary N) is 2. The quantitative estimate of drug-likeness (QED) is 0.757. The molecule has 21 heavy (non-hydrogen) atoms. The van der Waals surface area contributed by atoms with Gasteiger partial charge in [0.1, 0.15) is 0 Å². The molecule has 0 bridgehead atoms. The summed E-state index contributed by atoms with van der Waals surface area (Å²) in [5, 5.41) is 23.2. The number of nitrogens with zero attached hydrogens (tertiary/aromatic N) is 2. The Balaban J connectivity index is 1.92. The molecule has 0 atom stereocenters. The first-order valence-corrected chi connectivity index (χ1v) is 7.00. The van der Waals surface area contributed by atoms with Crippen molar-refractivity contribution in [1.82, 2.24) is 15.5 Å². The van der Waals surface area contributed by atoms with Crippen LogP contribution in [0.2, 0.25) is 0 Å². The van der Waals surface area contributed by atoms with Gasteiger partial charge in [-0.05, 0) is 44.9 Å². The number of anilines is 2. The molecule has 6 heteroatoms. The van der Waals surface area contributed by atoms with Gasteiger partial charge in [0.2, 0.25) is 5.89 Å². The van der Waals surface area contributed by atoms with Gasteiger partial charge in [-0.2, -0.15) is 0 Å². The second-order valence-corrected chi connectivity index (χ2v) is 5.90. The summed E-state index contributed by atoms with van der Waals surface area (Å²) < 4.78 is 5.52. The number of hydrogen-bond acceptors (Lipinski definition) is 6. The Kier molecular flexibility index (Phi) is 4.93. The fourth-order valence-electron chi connectivity index (χ4n) is 1.72. The van der Waals surface area contributed by atoms with E-state index in [9.17, 15) is 0 Å². The smallest absolute Gasteiger partial charge is 0.320 e. The Labute approximate surface area is 124 Å². The van der Waals surface area contributed by atoms with Crippen LogP contribution in [0.25, 0.3) is 0 Å². The fraction of sp³-hybridized carbons (Fsp3) is 0.467. The maximum Gasteiger partial charge on any atom is 0.320 e. The molecular weight excluding hydrogens is 268 g/mol. The predicted molar refractivity (Wildman–Crippen MR) is 81.4 cm³/mol. The topological polar surface area (TPSA) is 83.2 Å². The number of aliphatic hydroxyl groups is 1. The molecule has 0 radical (unpaired) electrons. The van der Waals surface area contributed by atoms with Crippen molar-refractivity contribution in [3.8, 4) is 0 Å². The van der Waals surface area contributed by atoms with Crippen LogP contribution in [0, 0.1) is 0 Å². The average molecular weight is 290 g/mol. The van der Waals surface area contributed by atoms with Crippen LogP contribution in [-0.2, 0) is 13.0 Å². The summed E-state index contributed by atoms with van der Waals surface area (Å²) in [5.74, 6) is 0.546. The second kappa shape index (κ2) is 6.69. The minimum Gasteiger partial charge on any atom is -0.406 e. The van der Waals surface area contributed by atoms with Crippen LogP contribution < -0.4 is 10.6 Å². The zero-order valence-corrected chi connectivity index (χ0v) is 12.7. The van der Waals surface area contributed by atoms with Crippen molar-refractivity contribution in [3.63, 3.8) is 0 Å². The van der Waals surface area contributed by atoms with Gasteiger partial charge in [-0.25, -0.2) is 0 Å². The van der Waals surface area contributed by atoms with Gasteiger partial charge in [0, 0.05) is 17.8 Å². The van der Waals surface area contributed by atoms with Crippen LogP contribution in [0.1, 0.15) is 32.2 Å². The molecule has 0 unspecified atom stereocenters. The van der Waals surface area contributed by atoms with Crippen molar-refractivity contribution in [2.45, 2.75) is 39.3 Å². The van der Waals surface area contributed by atoms with E-state index < -0.39 is 0 Å². The van der Waals surface area contributed by atoms with E-state index in [0.717, 1.165) is 11.3 Å². The Morgan fingerprint density at radius 2 is 1.86 bits per heavy atom. The van der Waals surface area contributed by atoms with Gasteiger partial charge in [-0.1, -0.05) is 17.2 Å². The minimum absolute atomic E-state index is 0.00456. The van der Waals surface area contributed by atoms with Crippen LogP contribution in [-0.4, -0.2) is 27.4 Å². The summed E-state index contributed by atoms with van der Waals surface area (Å²) in [6.07, 6.45) is 0.656. The third-order valence-electron chi connectivity index (χ3n) is 2.84. The lowest BCUT2D eigenvalue weighted by atomic mass is 10.1. The lowest BCUT2D eigenvalue weighted by Crippen LogP contribution is -2.35. The molecule has 0 aliphatic rings. The summed E-state index contributed by atoms with van der Waals surface area (Å²) in [5.41, 5.74) is 1.96. The highest BCUT2D eigenvalue weighted by Gasteiger charge is 2.12. The van der Waals surface area contributed by atoms with Crippen LogP contribution in [0.4, 0.5) is 11.7 Å². The minimum atomic E-state index is 0.00456. The summed E-state index contributed by atoms with van der Waals surface area (Å²) in [7, 11) is 0. The van der Waals surface area contributed by atoms with E-state index in [1.54, 1.807) is 0 Å². The van der Waals surface area contributed by atoms with E-state index in [2.05, 4.69) is 41.6 Å². The van der Waals surface area contributed by atoms with Crippen LogP contribution in [0.15, 0.2) is 28.7 Å². The summed E-state index contributed by atoms with van der Waals surface area (Å²) >= 11 is 0. The zero-order chi connectivity index (χ0) is 15.3. The van der Waals surface area contributed by atoms with Gasteiger partial charge >= 0.3 is 6.01 Å². The van der Waals surface area contributed by atoms with E-state index in [0.29, 0.717) is 24.9 Å². The van der Waals surface area contributed by atoms with E-state index >= 15 is 0 Å². The van der Waals surface area contributed by atoms with E-state index in [4.69, 9.17) is 9.52 Å². The molecule has 1 aromatic heterocycles. The molecule has 2 aromatic rings. The SMILES string of the molecule is CC(C)(C)NCc1nnc(Nc2ccc(CCO)cc2)o1. The highest BCUT2D eigenvalue weighted by atomic mass is 16.4. The molecule has 1 heterocycles. The average Bonchev–Trinajstić information content (AvgIpc) is 2.86. The van der Waals surface area contributed by atoms with Crippen molar-refractivity contribution in [2.75, 3.05) is 11.9 Å². The molecule has 0 amide bonds. The summed E-state index contributed by atoms with van der Waals surface area (Å²) in [6.45, 7) is 6.93.